The number of amides is 3. The second-order valence-electron chi connectivity index (χ2n) is 6.42. The van der Waals surface area contributed by atoms with Crippen molar-refractivity contribution in [2.75, 3.05) is 0 Å². The second-order valence-corrected chi connectivity index (χ2v) is 7.53. The highest BCUT2D eigenvalue weighted by molar-refractivity contribution is 8.00. The molecule has 3 N–H and O–H groups in total. The van der Waals surface area contributed by atoms with Crippen molar-refractivity contribution in [3.05, 3.63) is 36.2 Å². The predicted octanol–water partition coefficient (Wildman–Crippen LogP) is 2.46. The lowest BCUT2D eigenvalue weighted by Gasteiger charge is -2.19. The number of hydrogen-bond donors (Lipinski definition) is 2. The molecule has 1 unspecified atom stereocenters. The summed E-state index contributed by atoms with van der Waals surface area (Å²) in [6, 6.07) is 9.01. The molecule has 0 spiro atoms. The quantitative estimate of drug-likeness (QED) is 0.771. The van der Waals surface area contributed by atoms with Crippen molar-refractivity contribution in [3.63, 3.8) is 0 Å². The van der Waals surface area contributed by atoms with E-state index in [2.05, 4.69) is 15.5 Å². The molecular formula is C17H21N5O2S. The number of imide groups is 1. The molecule has 3 amide bonds. The molecule has 1 aromatic heterocycles. The molecule has 1 heterocycles. The third-order valence-corrected chi connectivity index (χ3v) is 5.45. The number of nitrogens with zero attached hydrogens (tertiary/aromatic N) is 3. The van der Waals surface area contributed by atoms with E-state index in [1.54, 1.807) is 0 Å². The number of hydrogen-bond acceptors (Lipinski definition) is 5. The van der Waals surface area contributed by atoms with Gasteiger partial charge < -0.3 is 5.73 Å². The van der Waals surface area contributed by atoms with E-state index < -0.39 is 17.2 Å². The summed E-state index contributed by atoms with van der Waals surface area (Å²) in [5.74, 6) is 0.920. The molecule has 1 aliphatic rings. The summed E-state index contributed by atoms with van der Waals surface area (Å²) in [7, 11) is 0. The first kappa shape index (κ1) is 17.5. The second kappa shape index (κ2) is 7.26. The van der Waals surface area contributed by atoms with Crippen molar-refractivity contribution >= 4 is 23.7 Å². The van der Waals surface area contributed by atoms with Crippen molar-refractivity contribution in [2.24, 2.45) is 11.7 Å². The Bertz CT molecular complexity index is 771. The van der Waals surface area contributed by atoms with E-state index >= 15 is 0 Å². The van der Waals surface area contributed by atoms with E-state index in [0.717, 1.165) is 24.4 Å². The molecule has 8 heteroatoms. The summed E-state index contributed by atoms with van der Waals surface area (Å²) < 4.78 is 2.01. The lowest BCUT2D eigenvalue weighted by atomic mass is 10.1. The van der Waals surface area contributed by atoms with Crippen molar-refractivity contribution in [1.82, 2.24) is 20.1 Å². The maximum atomic E-state index is 12.3. The number of urea groups is 1. The maximum absolute atomic E-state index is 12.3. The summed E-state index contributed by atoms with van der Waals surface area (Å²) in [5.41, 5.74) is 6.05. The van der Waals surface area contributed by atoms with Gasteiger partial charge in [0.1, 0.15) is 5.82 Å². The fraction of sp³-hybridized carbons (Fsp3) is 0.412. The molecule has 132 valence electrons. The van der Waals surface area contributed by atoms with Gasteiger partial charge in [0, 0.05) is 11.6 Å². The van der Waals surface area contributed by atoms with Gasteiger partial charge in [0.25, 0.3) is 0 Å². The zero-order valence-corrected chi connectivity index (χ0v) is 15.0. The number of rotatable bonds is 6. The monoisotopic (exact) mass is 359 g/mol. The number of primary amides is 1. The molecule has 1 saturated carbocycles. The zero-order valence-electron chi connectivity index (χ0n) is 14.2. The van der Waals surface area contributed by atoms with E-state index in [4.69, 9.17) is 5.73 Å². The van der Waals surface area contributed by atoms with Crippen LogP contribution in [0.15, 0.2) is 35.5 Å². The zero-order chi connectivity index (χ0) is 18.0. The Morgan fingerprint density at radius 1 is 1.24 bits per heavy atom. The molecule has 0 aliphatic heterocycles. The lowest BCUT2D eigenvalue weighted by Crippen LogP contribution is -2.42. The summed E-state index contributed by atoms with van der Waals surface area (Å²) in [5, 5.41) is 11.0. The lowest BCUT2D eigenvalue weighted by molar-refractivity contribution is -0.120. The Balaban J connectivity index is 1.93. The molecule has 25 heavy (non-hydrogen) atoms. The summed E-state index contributed by atoms with van der Waals surface area (Å²) in [6.07, 6.45) is 2.21. The van der Waals surface area contributed by atoms with Crippen LogP contribution in [0.1, 0.15) is 38.4 Å². The van der Waals surface area contributed by atoms with E-state index in [0.29, 0.717) is 11.1 Å². The van der Waals surface area contributed by atoms with Crippen molar-refractivity contribution in [2.45, 2.75) is 43.0 Å². The fourth-order valence-electron chi connectivity index (χ4n) is 2.58. The third kappa shape index (κ3) is 4.01. The first-order chi connectivity index (χ1) is 12.0. The Labute approximate surface area is 150 Å². The number of carbonyl (C=O) groups excluding carboxylic acids is 2. The third-order valence-electron chi connectivity index (χ3n) is 3.96. The molecule has 2 aromatic rings. The standard InChI is InChI=1S/C17H21N5O2S/c1-10(2)13(15(23)19-16(18)24)25-17-21-20-14(11-8-9-11)22(17)12-6-4-3-5-7-12/h3-7,10-11,13H,8-9H2,1-2H3,(H3,18,19,23,24). The maximum Gasteiger partial charge on any atom is 0.318 e. The van der Waals surface area contributed by atoms with Crippen LogP contribution in [0.25, 0.3) is 5.69 Å². The molecule has 0 radical (unpaired) electrons. The van der Waals surface area contributed by atoms with Crippen LogP contribution >= 0.6 is 11.8 Å². The van der Waals surface area contributed by atoms with Gasteiger partial charge in [0.2, 0.25) is 5.91 Å². The summed E-state index contributed by atoms with van der Waals surface area (Å²) in [4.78, 5) is 23.3. The van der Waals surface area contributed by atoms with Gasteiger partial charge in [-0.3, -0.25) is 14.7 Å². The molecular weight excluding hydrogens is 338 g/mol. The van der Waals surface area contributed by atoms with E-state index in [9.17, 15) is 9.59 Å². The van der Waals surface area contributed by atoms with Crippen LogP contribution in [0.3, 0.4) is 0 Å². The highest BCUT2D eigenvalue weighted by atomic mass is 32.2. The molecule has 0 bridgehead atoms. The number of nitrogens with two attached hydrogens (primary N) is 1. The van der Waals surface area contributed by atoms with Gasteiger partial charge in [-0.1, -0.05) is 43.8 Å². The fourth-order valence-corrected chi connectivity index (χ4v) is 3.64. The van der Waals surface area contributed by atoms with Gasteiger partial charge in [-0.25, -0.2) is 4.79 Å². The molecule has 3 rings (SSSR count). The topological polar surface area (TPSA) is 103 Å². The first-order valence-corrected chi connectivity index (χ1v) is 9.13. The minimum Gasteiger partial charge on any atom is -0.351 e. The molecule has 7 nitrogen and oxygen atoms in total. The Kier molecular flexibility index (Phi) is 5.08. The Morgan fingerprint density at radius 2 is 1.92 bits per heavy atom. The molecule has 1 aliphatic carbocycles. The normalized spacial score (nSPS) is 15.2. The number of benzene rings is 1. The minimum atomic E-state index is -0.848. The summed E-state index contributed by atoms with van der Waals surface area (Å²) >= 11 is 1.30. The highest BCUT2D eigenvalue weighted by Crippen LogP contribution is 2.41. The van der Waals surface area contributed by atoms with Crippen LogP contribution < -0.4 is 11.1 Å². The van der Waals surface area contributed by atoms with Crippen molar-refractivity contribution in [1.29, 1.82) is 0 Å². The Hall–Kier alpha value is -2.35. The molecule has 1 fully saturated rings. The average molecular weight is 359 g/mol. The largest absolute Gasteiger partial charge is 0.351 e. The van der Waals surface area contributed by atoms with Gasteiger partial charge in [0.15, 0.2) is 5.16 Å². The number of thioether (sulfide) groups is 1. The highest BCUT2D eigenvalue weighted by Gasteiger charge is 2.33. The van der Waals surface area contributed by atoms with Crippen LogP contribution in [-0.4, -0.2) is 32.0 Å². The van der Waals surface area contributed by atoms with Gasteiger partial charge in [-0.2, -0.15) is 0 Å². The molecule has 1 atom stereocenters. The minimum absolute atomic E-state index is 0.00496. The van der Waals surface area contributed by atoms with Gasteiger partial charge in [-0.05, 0) is 30.9 Å². The first-order valence-electron chi connectivity index (χ1n) is 8.25. The number of para-hydroxylation sites is 1. The number of carbonyl (C=O) groups is 2. The van der Waals surface area contributed by atoms with Gasteiger partial charge in [0.05, 0.1) is 5.25 Å². The predicted molar refractivity (Wildman–Crippen MR) is 95.5 cm³/mol. The smallest absolute Gasteiger partial charge is 0.318 e. The van der Waals surface area contributed by atoms with Crippen molar-refractivity contribution in [3.8, 4) is 5.69 Å². The molecule has 1 aromatic carbocycles. The Morgan fingerprint density at radius 3 is 2.48 bits per heavy atom. The van der Waals surface area contributed by atoms with Crippen LogP contribution in [0.5, 0.6) is 0 Å². The summed E-state index contributed by atoms with van der Waals surface area (Å²) in [6.45, 7) is 3.84. The van der Waals surface area contributed by atoms with E-state index in [1.807, 2.05) is 48.7 Å². The number of aromatic nitrogens is 3. The van der Waals surface area contributed by atoms with Crippen LogP contribution in [-0.2, 0) is 4.79 Å². The van der Waals surface area contributed by atoms with E-state index in [1.165, 1.54) is 11.8 Å². The SMILES string of the molecule is CC(C)C(Sc1nnc(C2CC2)n1-c1ccccc1)C(=O)NC(N)=O. The van der Waals surface area contributed by atoms with Gasteiger partial charge in [-0.15, -0.1) is 10.2 Å². The van der Waals surface area contributed by atoms with Crippen molar-refractivity contribution < 1.29 is 9.59 Å². The van der Waals surface area contributed by atoms with Gasteiger partial charge >= 0.3 is 6.03 Å². The number of nitrogens with one attached hydrogen (secondary N) is 1. The van der Waals surface area contributed by atoms with Crippen LogP contribution in [0.2, 0.25) is 0 Å². The molecule has 0 saturated heterocycles. The van der Waals surface area contributed by atoms with Crippen LogP contribution in [0.4, 0.5) is 4.79 Å². The van der Waals surface area contributed by atoms with Crippen LogP contribution in [0, 0.1) is 5.92 Å². The average Bonchev–Trinajstić information content (AvgIpc) is 3.32. The van der Waals surface area contributed by atoms with E-state index in [-0.39, 0.29) is 5.92 Å².